The first-order valence-electron chi connectivity index (χ1n) is 10.6. The second-order valence-electron chi connectivity index (χ2n) is 8.00. The van der Waals surface area contributed by atoms with Crippen LogP contribution >= 0.6 is 0 Å². The molecule has 0 aliphatic heterocycles. The van der Waals surface area contributed by atoms with Crippen molar-refractivity contribution in [1.29, 1.82) is 0 Å². The molecule has 0 aromatic heterocycles. The normalized spacial score (nSPS) is 15.7. The molecule has 142 valence electrons. The maximum atomic E-state index is 4.29. The Bertz CT molecular complexity index is 1140. The molecule has 0 fully saturated rings. The summed E-state index contributed by atoms with van der Waals surface area (Å²) in [6.45, 7) is 8.64. The number of rotatable bonds is 4. The van der Waals surface area contributed by atoms with Crippen LogP contribution in [-0.4, -0.2) is 0 Å². The summed E-state index contributed by atoms with van der Waals surface area (Å²) in [5.41, 5.74) is 11.9. The van der Waals surface area contributed by atoms with Crippen LogP contribution in [0.3, 0.4) is 0 Å². The fourth-order valence-corrected chi connectivity index (χ4v) is 5.50. The topological polar surface area (TPSA) is 0 Å². The molecule has 2 aliphatic carbocycles. The van der Waals surface area contributed by atoms with Gasteiger partial charge in [-0.1, -0.05) is 105 Å². The van der Waals surface area contributed by atoms with Crippen LogP contribution in [0.15, 0.2) is 97.1 Å². The van der Waals surface area contributed by atoms with E-state index in [0.717, 1.165) is 12.8 Å². The van der Waals surface area contributed by atoms with Gasteiger partial charge in [0.05, 0.1) is 5.41 Å². The van der Waals surface area contributed by atoms with Crippen molar-refractivity contribution >= 4 is 5.57 Å². The number of aryl methyl sites for hydroxylation is 1. The van der Waals surface area contributed by atoms with Crippen molar-refractivity contribution in [3.8, 4) is 11.1 Å². The van der Waals surface area contributed by atoms with E-state index in [2.05, 4.69) is 105 Å². The summed E-state index contributed by atoms with van der Waals surface area (Å²) in [7, 11) is 0. The van der Waals surface area contributed by atoms with Crippen LogP contribution in [0.5, 0.6) is 0 Å². The Balaban J connectivity index is 1.96. The van der Waals surface area contributed by atoms with E-state index in [1.807, 2.05) is 0 Å². The van der Waals surface area contributed by atoms with Crippen molar-refractivity contribution in [1.82, 2.24) is 0 Å². The monoisotopic (exact) mass is 374 g/mol. The van der Waals surface area contributed by atoms with E-state index in [-0.39, 0.29) is 5.41 Å². The van der Waals surface area contributed by atoms with Gasteiger partial charge in [0.15, 0.2) is 0 Å². The molecule has 0 amide bonds. The van der Waals surface area contributed by atoms with Crippen LogP contribution in [0.1, 0.15) is 48.1 Å². The van der Waals surface area contributed by atoms with Gasteiger partial charge in [0.1, 0.15) is 0 Å². The summed E-state index contributed by atoms with van der Waals surface area (Å²) in [5.74, 6) is 0. The molecule has 0 atom stereocenters. The standard InChI is InChI=1S/C29H26/c1-4-11-20-17-18-24-21(12-5-2)25(6-3)29(28(24)19-20)26-15-9-7-13-22(26)23-14-8-10-16-27(23)29/h5-10,12-19H,3-4,11H2,1-2H3. The maximum Gasteiger partial charge on any atom is 0.0725 e. The van der Waals surface area contributed by atoms with Crippen LogP contribution < -0.4 is 0 Å². The van der Waals surface area contributed by atoms with Gasteiger partial charge >= 0.3 is 0 Å². The quantitative estimate of drug-likeness (QED) is 0.444. The van der Waals surface area contributed by atoms with Crippen LogP contribution in [0.25, 0.3) is 16.7 Å². The summed E-state index contributed by atoms with van der Waals surface area (Å²) in [6, 6.07) is 24.9. The number of benzene rings is 3. The molecule has 0 saturated heterocycles. The molecule has 0 heteroatoms. The lowest BCUT2D eigenvalue weighted by Crippen LogP contribution is -2.26. The predicted molar refractivity (Wildman–Crippen MR) is 124 cm³/mol. The fraction of sp³-hybridized carbons (Fsp3) is 0.172. The first kappa shape index (κ1) is 17.9. The van der Waals surface area contributed by atoms with E-state index in [1.54, 1.807) is 0 Å². The lowest BCUT2D eigenvalue weighted by Gasteiger charge is -2.31. The molecule has 0 nitrogen and oxygen atoms in total. The zero-order valence-electron chi connectivity index (χ0n) is 17.2. The third-order valence-electron chi connectivity index (χ3n) is 6.50. The zero-order valence-corrected chi connectivity index (χ0v) is 17.2. The van der Waals surface area contributed by atoms with Gasteiger partial charge in [-0.05, 0) is 63.4 Å². The third-order valence-corrected chi connectivity index (χ3v) is 6.50. The number of hydrogen-bond acceptors (Lipinski definition) is 0. The maximum absolute atomic E-state index is 4.29. The SMILES string of the molecule is C=CC1=C(C=CC)c2ccc(CCC)cc2C12c1ccccc1-c1ccccc12. The third kappa shape index (κ3) is 2.26. The Morgan fingerprint density at radius 3 is 2.07 bits per heavy atom. The van der Waals surface area contributed by atoms with Gasteiger partial charge in [0, 0.05) is 0 Å². The molecule has 1 spiro atoms. The van der Waals surface area contributed by atoms with E-state index in [4.69, 9.17) is 0 Å². The smallest absolute Gasteiger partial charge is 0.0725 e. The summed E-state index contributed by atoms with van der Waals surface area (Å²) in [4.78, 5) is 0. The van der Waals surface area contributed by atoms with Crippen molar-refractivity contribution in [2.45, 2.75) is 32.1 Å². The van der Waals surface area contributed by atoms with Crippen molar-refractivity contribution in [2.24, 2.45) is 0 Å². The lowest BCUT2D eigenvalue weighted by molar-refractivity contribution is 0.782. The van der Waals surface area contributed by atoms with Gasteiger partial charge in [-0.2, -0.15) is 0 Å². The average Bonchev–Trinajstić information content (AvgIpc) is 3.20. The molecule has 3 aromatic carbocycles. The predicted octanol–water partition coefficient (Wildman–Crippen LogP) is 7.48. The van der Waals surface area contributed by atoms with Gasteiger partial charge in [0.25, 0.3) is 0 Å². The summed E-state index contributed by atoms with van der Waals surface area (Å²) >= 11 is 0. The average molecular weight is 375 g/mol. The van der Waals surface area contributed by atoms with Gasteiger partial charge in [-0.15, -0.1) is 0 Å². The molecule has 2 aliphatic rings. The second kappa shape index (κ2) is 6.74. The molecule has 29 heavy (non-hydrogen) atoms. The van der Waals surface area contributed by atoms with E-state index >= 15 is 0 Å². The molecule has 0 saturated carbocycles. The fourth-order valence-electron chi connectivity index (χ4n) is 5.50. The number of hydrogen-bond donors (Lipinski definition) is 0. The summed E-state index contributed by atoms with van der Waals surface area (Å²) in [5, 5.41) is 0. The van der Waals surface area contributed by atoms with Gasteiger partial charge in [-0.25, -0.2) is 0 Å². The van der Waals surface area contributed by atoms with Crippen LogP contribution in [0.2, 0.25) is 0 Å². The summed E-state index contributed by atoms with van der Waals surface area (Å²) < 4.78 is 0. The highest BCUT2D eigenvalue weighted by atomic mass is 14.5. The van der Waals surface area contributed by atoms with Crippen LogP contribution in [0, 0.1) is 0 Å². The molecule has 0 unspecified atom stereocenters. The Morgan fingerprint density at radius 2 is 1.48 bits per heavy atom. The molecule has 0 heterocycles. The van der Waals surface area contributed by atoms with Crippen molar-refractivity contribution in [3.63, 3.8) is 0 Å². The van der Waals surface area contributed by atoms with Gasteiger partial charge in [-0.3, -0.25) is 0 Å². The Labute approximate surface area is 173 Å². The largest absolute Gasteiger partial charge is 0.0987 e. The first-order chi connectivity index (χ1) is 14.3. The van der Waals surface area contributed by atoms with Crippen molar-refractivity contribution in [2.75, 3.05) is 0 Å². The van der Waals surface area contributed by atoms with Crippen molar-refractivity contribution < 1.29 is 0 Å². The highest BCUT2D eigenvalue weighted by molar-refractivity contribution is 5.97. The van der Waals surface area contributed by atoms with Crippen molar-refractivity contribution in [3.05, 3.63) is 125 Å². The number of allylic oxidation sites excluding steroid dienone is 5. The molecular formula is C29H26. The Kier molecular flexibility index (Phi) is 4.17. The highest BCUT2D eigenvalue weighted by Crippen LogP contribution is 2.62. The molecular weight excluding hydrogens is 348 g/mol. The van der Waals surface area contributed by atoms with E-state index in [0.29, 0.717) is 0 Å². The Morgan fingerprint density at radius 1 is 0.828 bits per heavy atom. The lowest BCUT2D eigenvalue weighted by atomic mass is 9.69. The minimum absolute atomic E-state index is 0.275. The minimum Gasteiger partial charge on any atom is -0.0987 e. The molecule has 0 bridgehead atoms. The molecule has 3 aromatic rings. The first-order valence-corrected chi connectivity index (χ1v) is 10.6. The zero-order chi connectivity index (χ0) is 20.0. The second-order valence-corrected chi connectivity index (χ2v) is 8.00. The molecule has 5 rings (SSSR count). The number of fused-ring (bicyclic) bond motifs is 7. The van der Waals surface area contributed by atoms with Crippen LogP contribution in [-0.2, 0) is 11.8 Å². The van der Waals surface area contributed by atoms with Crippen LogP contribution in [0.4, 0.5) is 0 Å². The molecule has 0 radical (unpaired) electrons. The van der Waals surface area contributed by atoms with E-state index in [9.17, 15) is 0 Å². The summed E-state index contributed by atoms with van der Waals surface area (Å²) in [6.07, 6.45) is 8.76. The minimum atomic E-state index is -0.275. The Hall–Kier alpha value is -3.12. The highest BCUT2D eigenvalue weighted by Gasteiger charge is 2.51. The van der Waals surface area contributed by atoms with Gasteiger partial charge in [0.2, 0.25) is 0 Å². The molecule has 0 N–H and O–H groups in total. The van der Waals surface area contributed by atoms with E-state index in [1.165, 1.54) is 50.1 Å². The van der Waals surface area contributed by atoms with E-state index < -0.39 is 0 Å². The van der Waals surface area contributed by atoms with Gasteiger partial charge < -0.3 is 0 Å².